The van der Waals surface area contributed by atoms with Gasteiger partial charge in [0.2, 0.25) is 18.6 Å². The predicted octanol–water partition coefficient (Wildman–Crippen LogP) is 3.89. The fourth-order valence-electron chi connectivity index (χ4n) is 4.16. The lowest BCUT2D eigenvalue weighted by molar-refractivity contribution is -0.122. The summed E-state index contributed by atoms with van der Waals surface area (Å²) in [5, 5.41) is 11.1. The molecular weight excluding hydrogens is 446 g/mol. The molecule has 5 rings (SSSR count). The first-order valence-electron chi connectivity index (χ1n) is 10.5. The number of thiazole rings is 1. The lowest BCUT2D eigenvalue weighted by Crippen LogP contribution is -2.44. The average Bonchev–Trinajstić information content (AvgIpc) is 3.58. The second-order valence-electron chi connectivity index (χ2n) is 8.09. The predicted molar refractivity (Wildman–Crippen MR) is 123 cm³/mol. The van der Waals surface area contributed by atoms with Gasteiger partial charge in [-0.2, -0.15) is 0 Å². The zero-order valence-corrected chi connectivity index (χ0v) is 19.0. The van der Waals surface area contributed by atoms with Crippen molar-refractivity contribution in [1.82, 2.24) is 15.6 Å². The van der Waals surface area contributed by atoms with Crippen molar-refractivity contribution in [2.24, 2.45) is 0 Å². The molecule has 1 aromatic carbocycles. The van der Waals surface area contributed by atoms with Gasteiger partial charge in [0.05, 0.1) is 17.1 Å². The topological polar surface area (TPSA) is 89.5 Å². The molecule has 0 aliphatic carbocycles. The fourth-order valence-corrected chi connectivity index (χ4v) is 5.79. The maximum atomic E-state index is 12.6. The number of nitrogens with zero attached hydrogens (tertiary/aromatic N) is 1. The van der Waals surface area contributed by atoms with E-state index in [1.165, 1.54) is 0 Å². The van der Waals surface area contributed by atoms with Crippen molar-refractivity contribution in [2.75, 3.05) is 6.79 Å². The zero-order valence-electron chi connectivity index (χ0n) is 17.4. The van der Waals surface area contributed by atoms with E-state index in [4.69, 9.17) is 9.47 Å². The summed E-state index contributed by atoms with van der Waals surface area (Å²) in [7, 11) is 0. The van der Waals surface area contributed by atoms with Crippen molar-refractivity contribution in [3.05, 3.63) is 52.3 Å². The third-order valence-corrected chi connectivity index (χ3v) is 7.73. The molecular formula is C23H23N3O4S2. The Kier molecular flexibility index (Phi) is 5.84. The van der Waals surface area contributed by atoms with Crippen molar-refractivity contribution in [3.8, 4) is 21.4 Å². The molecule has 2 N–H and O–H groups in total. The quantitative estimate of drug-likeness (QED) is 0.523. The highest BCUT2D eigenvalue weighted by molar-refractivity contribution is 7.20. The van der Waals surface area contributed by atoms with Gasteiger partial charge in [-0.3, -0.25) is 9.59 Å². The maximum Gasteiger partial charge on any atom is 0.231 e. The first-order valence-corrected chi connectivity index (χ1v) is 12.3. The standard InChI is InChI=1S/C23H23N3O4S2/c27-20(24-12-16-13-32-22(25-16)19-2-1-9-31-19)5-7-23(8-6-21(28)26-23)11-15-3-4-17-18(10-15)30-14-29-17/h1-4,9-10,13H,5-8,11-12,14H2,(H,24,27)(H,26,28)/t23-/m0/s1. The molecule has 0 unspecified atom stereocenters. The molecule has 1 fully saturated rings. The van der Waals surface area contributed by atoms with Crippen molar-refractivity contribution >= 4 is 34.5 Å². The van der Waals surface area contributed by atoms with Gasteiger partial charge in [-0.1, -0.05) is 12.1 Å². The number of aromatic nitrogens is 1. The van der Waals surface area contributed by atoms with E-state index < -0.39 is 5.54 Å². The Hall–Kier alpha value is -2.91. The van der Waals surface area contributed by atoms with E-state index in [1.807, 2.05) is 41.1 Å². The number of carbonyl (C=O) groups excluding carboxylic acids is 2. The van der Waals surface area contributed by atoms with Gasteiger partial charge in [-0.25, -0.2) is 4.98 Å². The Bertz CT molecular complexity index is 1130. The van der Waals surface area contributed by atoms with Gasteiger partial charge in [0.1, 0.15) is 5.01 Å². The third-order valence-electron chi connectivity index (χ3n) is 5.80. The number of rotatable bonds is 8. The van der Waals surface area contributed by atoms with Crippen molar-refractivity contribution in [3.63, 3.8) is 0 Å². The zero-order chi connectivity index (χ0) is 22.0. The molecule has 2 aromatic heterocycles. The fraction of sp³-hybridized carbons (Fsp3) is 0.348. The third kappa shape index (κ3) is 4.63. The second-order valence-corrected chi connectivity index (χ2v) is 9.90. The number of carbonyl (C=O) groups is 2. The van der Waals surface area contributed by atoms with Crippen molar-refractivity contribution < 1.29 is 19.1 Å². The molecule has 3 aromatic rings. The number of nitrogens with one attached hydrogen (secondary N) is 2. The van der Waals surface area contributed by atoms with Crippen LogP contribution in [0.5, 0.6) is 11.5 Å². The second kappa shape index (κ2) is 8.91. The first kappa shape index (κ1) is 21.0. The van der Waals surface area contributed by atoms with Crippen LogP contribution in [-0.4, -0.2) is 29.1 Å². The first-order chi connectivity index (χ1) is 15.6. The molecule has 0 bridgehead atoms. The summed E-state index contributed by atoms with van der Waals surface area (Å²) in [5.74, 6) is 1.46. The van der Waals surface area contributed by atoms with Crippen LogP contribution in [-0.2, 0) is 22.6 Å². The summed E-state index contributed by atoms with van der Waals surface area (Å²) in [5.41, 5.74) is 1.49. The average molecular weight is 470 g/mol. The molecule has 0 radical (unpaired) electrons. The van der Waals surface area contributed by atoms with Crippen LogP contribution < -0.4 is 20.1 Å². The number of fused-ring (bicyclic) bond motifs is 1. The largest absolute Gasteiger partial charge is 0.454 e. The summed E-state index contributed by atoms with van der Waals surface area (Å²) in [6.07, 6.45) is 2.77. The number of ether oxygens (including phenoxy) is 2. The van der Waals surface area contributed by atoms with Crippen molar-refractivity contribution in [1.29, 1.82) is 0 Å². The van der Waals surface area contributed by atoms with Gasteiger partial charge in [0, 0.05) is 23.8 Å². The molecule has 0 saturated carbocycles. The van der Waals surface area contributed by atoms with Crippen LogP contribution in [0.1, 0.15) is 36.9 Å². The minimum atomic E-state index is -0.422. The summed E-state index contributed by atoms with van der Waals surface area (Å²) >= 11 is 3.24. The van der Waals surface area contributed by atoms with Crippen LogP contribution in [0.4, 0.5) is 0 Å². The molecule has 0 spiro atoms. The highest BCUT2D eigenvalue weighted by Gasteiger charge is 2.38. The normalized spacial score (nSPS) is 19.2. The minimum absolute atomic E-state index is 0.0368. The Morgan fingerprint density at radius 1 is 1.22 bits per heavy atom. The van der Waals surface area contributed by atoms with E-state index in [9.17, 15) is 9.59 Å². The van der Waals surface area contributed by atoms with E-state index in [2.05, 4.69) is 15.6 Å². The molecule has 1 saturated heterocycles. The van der Waals surface area contributed by atoms with E-state index in [-0.39, 0.29) is 18.6 Å². The van der Waals surface area contributed by atoms with Gasteiger partial charge in [-0.15, -0.1) is 22.7 Å². The minimum Gasteiger partial charge on any atom is -0.454 e. The van der Waals surface area contributed by atoms with Crippen LogP contribution in [0.2, 0.25) is 0 Å². The lowest BCUT2D eigenvalue weighted by atomic mass is 9.85. The van der Waals surface area contributed by atoms with Gasteiger partial charge >= 0.3 is 0 Å². The van der Waals surface area contributed by atoms with Crippen molar-refractivity contribution in [2.45, 2.75) is 44.2 Å². The number of benzene rings is 1. The van der Waals surface area contributed by atoms with E-state index >= 15 is 0 Å². The van der Waals surface area contributed by atoms with Gasteiger partial charge in [0.25, 0.3) is 0 Å². The summed E-state index contributed by atoms with van der Waals surface area (Å²) in [6.45, 7) is 0.636. The molecule has 166 valence electrons. The lowest BCUT2D eigenvalue weighted by Gasteiger charge is -2.29. The van der Waals surface area contributed by atoms with Gasteiger partial charge < -0.3 is 20.1 Å². The van der Waals surface area contributed by atoms with Gasteiger partial charge in [0.15, 0.2) is 11.5 Å². The Labute approximate surface area is 193 Å². The van der Waals surface area contributed by atoms with Crippen LogP contribution in [0.3, 0.4) is 0 Å². The van der Waals surface area contributed by atoms with E-state index in [0.29, 0.717) is 38.6 Å². The summed E-state index contributed by atoms with van der Waals surface area (Å²) in [4.78, 5) is 30.3. The molecule has 2 amide bonds. The Morgan fingerprint density at radius 3 is 2.94 bits per heavy atom. The van der Waals surface area contributed by atoms with E-state index in [1.54, 1.807) is 22.7 Å². The van der Waals surface area contributed by atoms with Gasteiger partial charge in [-0.05, 0) is 48.4 Å². The molecule has 7 nitrogen and oxygen atoms in total. The Morgan fingerprint density at radius 2 is 2.12 bits per heavy atom. The molecule has 1 atom stereocenters. The molecule has 4 heterocycles. The monoisotopic (exact) mass is 469 g/mol. The highest BCUT2D eigenvalue weighted by Crippen LogP contribution is 2.36. The van der Waals surface area contributed by atoms with Crippen LogP contribution in [0.15, 0.2) is 41.1 Å². The molecule has 2 aliphatic rings. The number of amides is 2. The SMILES string of the molecule is O=C(CC[C@@]1(Cc2ccc3c(c2)OCO3)CCC(=O)N1)NCc1csc(-c2cccs2)n1. The summed E-state index contributed by atoms with van der Waals surface area (Å²) in [6, 6.07) is 9.90. The van der Waals surface area contributed by atoms with Crippen LogP contribution in [0.25, 0.3) is 9.88 Å². The van der Waals surface area contributed by atoms with Crippen LogP contribution >= 0.6 is 22.7 Å². The molecule has 2 aliphatic heterocycles. The maximum absolute atomic E-state index is 12.6. The number of hydrogen-bond donors (Lipinski definition) is 2. The molecule has 32 heavy (non-hydrogen) atoms. The van der Waals surface area contributed by atoms with E-state index in [0.717, 1.165) is 32.6 Å². The number of hydrogen-bond acceptors (Lipinski definition) is 7. The number of thiophene rings is 1. The smallest absolute Gasteiger partial charge is 0.231 e. The highest BCUT2D eigenvalue weighted by atomic mass is 32.1. The summed E-state index contributed by atoms with van der Waals surface area (Å²) < 4.78 is 10.9. The Balaban J connectivity index is 1.17. The molecule has 9 heteroatoms. The van der Waals surface area contributed by atoms with Crippen LogP contribution in [0, 0.1) is 0 Å².